The van der Waals surface area contributed by atoms with Gasteiger partial charge in [-0.05, 0) is 52.3 Å². The van der Waals surface area contributed by atoms with Gasteiger partial charge in [-0.2, -0.15) is 0 Å². The summed E-state index contributed by atoms with van der Waals surface area (Å²) in [5.41, 5.74) is 1.34. The van der Waals surface area contributed by atoms with Gasteiger partial charge in [-0.15, -0.1) is 0 Å². The molecule has 0 saturated heterocycles. The van der Waals surface area contributed by atoms with Crippen LogP contribution in [0, 0.1) is 5.82 Å². The SMILES string of the molecule is Fc1ccc(Cl)cc1CNc1ccc(Br)c(Cl)c1. The standard InChI is InChI=1S/C13H9BrCl2FN/c14-11-3-2-10(6-12(11)16)18-7-8-5-9(15)1-4-13(8)17/h1-6,18H,7H2. The van der Waals surface area contributed by atoms with E-state index in [1.807, 2.05) is 12.1 Å². The molecule has 0 radical (unpaired) electrons. The Bertz CT molecular complexity index is 575. The summed E-state index contributed by atoms with van der Waals surface area (Å²) in [7, 11) is 0. The molecule has 0 bridgehead atoms. The number of rotatable bonds is 3. The van der Waals surface area contributed by atoms with E-state index in [2.05, 4.69) is 21.2 Å². The summed E-state index contributed by atoms with van der Waals surface area (Å²) in [6, 6.07) is 9.95. The fourth-order valence-electron chi connectivity index (χ4n) is 1.48. The van der Waals surface area contributed by atoms with Gasteiger partial charge in [0.1, 0.15) is 5.82 Å². The summed E-state index contributed by atoms with van der Waals surface area (Å²) in [5, 5.41) is 4.21. The second-order valence-electron chi connectivity index (χ2n) is 3.72. The predicted octanol–water partition coefficient (Wildman–Crippen LogP) is 5.51. The van der Waals surface area contributed by atoms with E-state index in [-0.39, 0.29) is 5.82 Å². The van der Waals surface area contributed by atoms with Crippen LogP contribution in [-0.4, -0.2) is 0 Å². The van der Waals surface area contributed by atoms with Gasteiger partial charge >= 0.3 is 0 Å². The highest BCUT2D eigenvalue weighted by Crippen LogP contribution is 2.26. The molecule has 0 fully saturated rings. The van der Waals surface area contributed by atoms with Crippen molar-refractivity contribution in [3.63, 3.8) is 0 Å². The van der Waals surface area contributed by atoms with Gasteiger partial charge in [-0.3, -0.25) is 0 Å². The van der Waals surface area contributed by atoms with E-state index in [0.29, 0.717) is 22.2 Å². The van der Waals surface area contributed by atoms with Gasteiger partial charge < -0.3 is 5.32 Å². The molecule has 2 aromatic rings. The fourth-order valence-corrected chi connectivity index (χ4v) is 2.10. The molecule has 0 aromatic heterocycles. The first-order valence-electron chi connectivity index (χ1n) is 5.19. The van der Waals surface area contributed by atoms with E-state index in [9.17, 15) is 4.39 Å². The Morgan fingerprint density at radius 1 is 1.11 bits per heavy atom. The summed E-state index contributed by atoms with van der Waals surface area (Å²) >= 11 is 15.1. The second-order valence-corrected chi connectivity index (χ2v) is 5.42. The van der Waals surface area contributed by atoms with Gasteiger partial charge in [0, 0.05) is 27.3 Å². The first kappa shape index (κ1) is 13.7. The third kappa shape index (κ3) is 3.37. The zero-order chi connectivity index (χ0) is 13.1. The second kappa shape index (κ2) is 5.91. The molecule has 2 rings (SSSR count). The number of benzene rings is 2. The van der Waals surface area contributed by atoms with Crippen molar-refractivity contribution < 1.29 is 4.39 Å². The Morgan fingerprint density at radius 3 is 2.61 bits per heavy atom. The van der Waals surface area contributed by atoms with Crippen molar-refractivity contribution >= 4 is 44.8 Å². The zero-order valence-electron chi connectivity index (χ0n) is 9.18. The highest BCUT2D eigenvalue weighted by atomic mass is 79.9. The summed E-state index contributed by atoms with van der Waals surface area (Å²) in [6.45, 7) is 0.352. The number of anilines is 1. The molecule has 0 heterocycles. The Kier molecular flexibility index (Phi) is 4.49. The van der Waals surface area contributed by atoms with Crippen LogP contribution in [0.15, 0.2) is 40.9 Å². The van der Waals surface area contributed by atoms with Crippen LogP contribution in [0.2, 0.25) is 10.0 Å². The number of hydrogen-bond acceptors (Lipinski definition) is 1. The lowest BCUT2D eigenvalue weighted by molar-refractivity contribution is 0.613. The Hall–Kier alpha value is -0.770. The van der Waals surface area contributed by atoms with Crippen LogP contribution in [0.1, 0.15) is 5.56 Å². The fraction of sp³-hybridized carbons (Fsp3) is 0.0769. The Morgan fingerprint density at radius 2 is 1.89 bits per heavy atom. The summed E-state index contributed by atoms with van der Waals surface area (Å²) < 4.78 is 14.3. The maximum atomic E-state index is 13.5. The van der Waals surface area contributed by atoms with E-state index in [1.165, 1.54) is 12.1 Å². The molecule has 0 aliphatic carbocycles. The molecular weight excluding hydrogens is 340 g/mol. The Balaban J connectivity index is 2.11. The molecule has 0 aliphatic heterocycles. The topological polar surface area (TPSA) is 12.0 Å². The van der Waals surface area contributed by atoms with Gasteiger partial charge in [0.15, 0.2) is 0 Å². The van der Waals surface area contributed by atoms with E-state index in [0.717, 1.165) is 10.2 Å². The van der Waals surface area contributed by atoms with E-state index < -0.39 is 0 Å². The largest absolute Gasteiger partial charge is 0.381 e. The van der Waals surface area contributed by atoms with Crippen LogP contribution in [0.3, 0.4) is 0 Å². The third-order valence-electron chi connectivity index (χ3n) is 2.41. The normalized spacial score (nSPS) is 10.4. The van der Waals surface area contributed by atoms with Crippen molar-refractivity contribution in [3.05, 3.63) is 62.3 Å². The average Bonchev–Trinajstić information content (AvgIpc) is 2.34. The minimum atomic E-state index is -0.282. The third-order valence-corrected chi connectivity index (χ3v) is 3.88. The van der Waals surface area contributed by atoms with Gasteiger partial charge in [-0.25, -0.2) is 4.39 Å². The molecule has 2 aromatic carbocycles. The molecule has 0 amide bonds. The quantitative estimate of drug-likeness (QED) is 0.771. The summed E-state index contributed by atoms with van der Waals surface area (Å²) in [4.78, 5) is 0. The first-order chi connectivity index (χ1) is 8.56. The van der Waals surface area contributed by atoms with Gasteiger partial charge in [-0.1, -0.05) is 23.2 Å². The maximum Gasteiger partial charge on any atom is 0.128 e. The van der Waals surface area contributed by atoms with Crippen LogP contribution in [-0.2, 0) is 6.54 Å². The van der Waals surface area contributed by atoms with Gasteiger partial charge in [0.2, 0.25) is 0 Å². The molecule has 18 heavy (non-hydrogen) atoms. The molecule has 94 valence electrons. The molecule has 1 nitrogen and oxygen atoms in total. The van der Waals surface area contributed by atoms with Crippen molar-refractivity contribution in [2.24, 2.45) is 0 Å². The van der Waals surface area contributed by atoms with Crippen LogP contribution in [0.5, 0.6) is 0 Å². The summed E-state index contributed by atoms with van der Waals surface area (Å²) in [5.74, 6) is -0.282. The lowest BCUT2D eigenvalue weighted by Crippen LogP contribution is -2.01. The average molecular weight is 349 g/mol. The van der Waals surface area contributed by atoms with Gasteiger partial charge in [0.25, 0.3) is 0 Å². The van der Waals surface area contributed by atoms with E-state index in [4.69, 9.17) is 23.2 Å². The number of hydrogen-bond donors (Lipinski definition) is 1. The maximum absolute atomic E-state index is 13.5. The molecule has 0 spiro atoms. The molecule has 1 N–H and O–H groups in total. The smallest absolute Gasteiger partial charge is 0.128 e. The van der Waals surface area contributed by atoms with Crippen molar-refractivity contribution in [3.8, 4) is 0 Å². The van der Waals surface area contributed by atoms with Crippen molar-refractivity contribution in [1.29, 1.82) is 0 Å². The predicted molar refractivity (Wildman–Crippen MR) is 77.9 cm³/mol. The van der Waals surface area contributed by atoms with Gasteiger partial charge in [0.05, 0.1) is 5.02 Å². The number of halogens is 4. The highest BCUT2D eigenvalue weighted by Gasteiger charge is 2.04. The summed E-state index contributed by atoms with van der Waals surface area (Å²) in [6.07, 6.45) is 0. The van der Waals surface area contributed by atoms with Crippen molar-refractivity contribution in [2.45, 2.75) is 6.54 Å². The highest BCUT2D eigenvalue weighted by molar-refractivity contribution is 9.10. The monoisotopic (exact) mass is 347 g/mol. The van der Waals surface area contributed by atoms with E-state index >= 15 is 0 Å². The molecule has 0 aliphatic rings. The van der Waals surface area contributed by atoms with Crippen LogP contribution in [0.25, 0.3) is 0 Å². The van der Waals surface area contributed by atoms with E-state index in [1.54, 1.807) is 12.1 Å². The lowest BCUT2D eigenvalue weighted by atomic mass is 10.2. The number of nitrogens with one attached hydrogen (secondary N) is 1. The molecule has 0 unspecified atom stereocenters. The molecule has 5 heteroatoms. The Labute approximate surface area is 123 Å². The van der Waals surface area contributed by atoms with Crippen molar-refractivity contribution in [1.82, 2.24) is 0 Å². The van der Waals surface area contributed by atoms with Crippen LogP contribution >= 0.6 is 39.1 Å². The van der Waals surface area contributed by atoms with Crippen LogP contribution < -0.4 is 5.32 Å². The minimum Gasteiger partial charge on any atom is -0.381 e. The lowest BCUT2D eigenvalue weighted by Gasteiger charge is -2.08. The van der Waals surface area contributed by atoms with Crippen LogP contribution in [0.4, 0.5) is 10.1 Å². The zero-order valence-corrected chi connectivity index (χ0v) is 12.3. The molecule has 0 atom stereocenters. The van der Waals surface area contributed by atoms with Crippen molar-refractivity contribution in [2.75, 3.05) is 5.32 Å². The molecule has 0 saturated carbocycles. The first-order valence-corrected chi connectivity index (χ1v) is 6.74. The minimum absolute atomic E-state index is 0.282. The molecular formula is C13H9BrCl2FN.